The zero-order valence-electron chi connectivity index (χ0n) is 16.9. The Morgan fingerprint density at radius 3 is 2.73 bits per heavy atom. The molecule has 0 bridgehead atoms. The third-order valence-corrected chi connectivity index (χ3v) is 4.86. The molecule has 0 saturated heterocycles. The molecule has 0 aliphatic carbocycles. The molecule has 0 atom stereocenters. The Bertz CT molecular complexity index is 1220. The fraction of sp³-hybridized carbons (Fsp3) is 0.217. The largest absolute Gasteiger partial charge is 0.493 e. The maximum absolute atomic E-state index is 12.6. The molecule has 4 rings (SSSR count). The van der Waals surface area contributed by atoms with Gasteiger partial charge in [0.15, 0.2) is 11.5 Å². The number of pyridine rings is 1. The van der Waals surface area contributed by atoms with Crippen LogP contribution in [0.15, 0.2) is 48.5 Å². The number of H-pyrrole nitrogens is 1. The van der Waals surface area contributed by atoms with Gasteiger partial charge in [0, 0.05) is 28.4 Å². The van der Waals surface area contributed by atoms with Gasteiger partial charge in [-0.05, 0) is 37.3 Å². The highest BCUT2D eigenvalue weighted by Gasteiger charge is 2.18. The molecular weight excluding hydrogens is 382 g/mol. The van der Waals surface area contributed by atoms with Crippen molar-refractivity contribution in [1.82, 2.24) is 15.3 Å². The fourth-order valence-electron chi connectivity index (χ4n) is 3.52. The van der Waals surface area contributed by atoms with E-state index >= 15 is 0 Å². The van der Waals surface area contributed by atoms with E-state index in [1.807, 2.05) is 49.4 Å². The molecule has 0 radical (unpaired) electrons. The van der Waals surface area contributed by atoms with E-state index in [2.05, 4.69) is 15.3 Å². The van der Waals surface area contributed by atoms with Crippen LogP contribution in [0.4, 0.5) is 0 Å². The van der Waals surface area contributed by atoms with Crippen molar-refractivity contribution in [1.29, 1.82) is 0 Å². The van der Waals surface area contributed by atoms with Gasteiger partial charge in [0.2, 0.25) is 0 Å². The van der Waals surface area contributed by atoms with Crippen molar-refractivity contribution in [2.75, 3.05) is 26.9 Å². The van der Waals surface area contributed by atoms with Crippen LogP contribution in [-0.4, -0.2) is 47.8 Å². The monoisotopic (exact) mass is 405 g/mol. The van der Waals surface area contributed by atoms with Crippen LogP contribution in [0, 0.1) is 0 Å². The molecule has 7 heteroatoms. The molecule has 2 heterocycles. The first-order valence-electron chi connectivity index (χ1n) is 9.78. The van der Waals surface area contributed by atoms with Gasteiger partial charge in [-0.2, -0.15) is 0 Å². The molecule has 7 nitrogen and oxygen atoms in total. The highest BCUT2D eigenvalue weighted by molar-refractivity contribution is 6.13. The fourth-order valence-corrected chi connectivity index (χ4v) is 3.52. The lowest BCUT2D eigenvalue weighted by Crippen LogP contribution is -2.27. The first kappa shape index (κ1) is 19.7. The van der Waals surface area contributed by atoms with Crippen molar-refractivity contribution >= 4 is 27.7 Å². The van der Waals surface area contributed by atoms with Gasteiger partial charge in [-0.15, -0.1) is 0 Å². The standard InChI is InChI=1S/C23H23N3O4/c1-3-30-19-9-8-14(12-20(19)29-2)21-22-16(15-6-4-5-7-17(15)25-22)13-18(26-21)23(28)24-10-11-27/h4-9,12-13,25,27H,3,10-11H2,1-2H3,(H,24,28). The second kappa shape index (κ2) is 8.42. The number of benzene rings is 2. The summed E-state index contributed by atoms with van der Waals surface area (Å²) in [5.74, 6) is 0.902. The lowest BCUT2D eigenvalue weighted by atomic mass is 10.1. The van der Waals surface area contributed by atoms with E-state index in [9.17, 15) is 4.79 Å². The second-order valence-electron chi connectivity index (χ2n) is 6.73. The van der Waals surface area contributed by atoms with Gasteiger partial charge in [0.1, 0.15) is 5.69 Å². The number of ether oxygens (including phenoxy) is 2. The topological polar surface area (TPSA) is 96.5 Å². The maximum Gasteiger partial charge on any atom is 0.270 e. The van der Waals surface area contributed by atoms with Crippen LogP contribution in [0.1, 0.15) is 17.4 Å². The summed E-state index contributed by atoms with van der Waals surface area (Å²) in [5.41, 5.74) is 3.51. The second-order valence-corrected chi connectivity index (χ2v) is 6.73. The Hall–Kier alpha value is -3.58. The van der Waals surface area contributed by atoms with Gasteiger partial charge in [-0.1, -0.05) is 18.2 Å². The van der Waals surface area contributed by atoms with Gasteiger partial charge >= 0.3 is 0 Å². The van der Waals surface area contributed by atoms with E-state index < -0.39 is 0 Å². The Morgan fingerprint density at radius 1 is 1.13 bits per heavy atom. The number of nitrogens with one attached hydrogen (secondary N) is 2. The van der Waals surface area contributed by atoms with Gasteiger partial charge in [0.25, 0.3) is 5.91 Å². The van der Waals surface area contributed by atoms with E-state index in [-0.39, 0.29) is 24.8 Å². The molecule has 154 valence electrons. The minimum atomic E-state index is -0.338. The molecule has 0 aliphatic rings. The number of amides is 1. The number of aliphatic hydroxyl groups is 1. The van der Waals surface area contributed by atoms with Gasteiger partial charge < -0.3 is 24.9 Å². The average Bonchev–Trinajstić information content (AvgIpc) is 3.16. The highest BCUT2D eigenvalue weighted by atomic mass is 16.5. The number of rotatable bonds is 7. The molecule has 2 aromatic heterocycles. The summed E-state index contributed by atoms with van der Waals surface area (Å²) in [6.07, 6.45) is 0. The number of nitrogens with zero attached hydrogens (tertiary/aromatic N) is 1. The van der Waals surface area contributed by atoms with E-state index in [1.165, 1.54) is 0 Å². The lowest BCUT2D eigenvalue weighted by molar-refractivity contribution is 0.0940. The van der Waals surface area contributed by atoms with Crippen molar-refractivity contribution in [2.24, 2.45) is 0 Å². The number of aromatic nitrogens is 2. The van der Waals surface area contributed by atoms with Crippen LogP contribution in [0.2, 0.25) is 0 Å². The van der Waals surface area contributed by atoms with Crippen molar-refractivity contribution in [2.45, 2.75) is 6.92 Å². The van der Waals surface area contributed by atoms with Crippen LogP contribution in [0.3, 0.4) is 0 Å². The summed E-state index contributed by atoms with van der Waals surface area (Å²) >= 11 is 0. The van der Waals surface area contributed by atoms with Crippen molar-refractivity contribution in [3.8, 4) is 22.8 Å². The predicted octanol–water partition coefficient (Wildman–Crippen LogP) is 3.51. The number of aromatic amines is 1. The van der Waals surface area contributed by atoms with Crippen LogP contribution in [0.5, 0.6) is 11.5 Å². The summed E-state index contributed by atoms with van der Waals surface area (Å²) in [6.45, 7) is 2.47. The number of fused-ring (bicyclic) bond motifs is 3. The first-order chi connectivity index (χ1) is 14.7. The Balaban J connectivity index is 1.94. The molecule has 30 heavy (non-hydrogen) atoms. The zero-order chi connectivity index (χ0) is 21.1. The van der Waals surface area contributed by atoms with Crippen LogP contribution in [-0.2, 0) is 0 Å². The number of hydrogen-bond acceptors (Lipinski definition) is 5. The quantitative estimate of drug-likeness (QED) is 0.437. The SMILES string of the molecule is CCOc1ccc(-c2nc(C(=O)NCCO)cc3c2[nH]c2ccccc23)cc1OC. The molecular formula is C23H23N3O4. The number of methoxy groups -OCH3 is 1. The van der Waals surface area contributed by atoms with Crippen LogP contribution < -0.4 is 14.8 Å². The molecule has 4 aromatic rings. The molecule has 0 spiro atoms. The third-order valence-electron chi connectivity index (χ3n) is 4.86. The number of aliphatic hydroxyl groups excluding tert-OH is 1. The normalized spacial score (nSPS) is 11.0. The molecule has 3 N–H and O–H groups in total. The smallest absolute Gasteiger partial charge is 0.270 e. The van der Waals surface area contributed by atoms with Crippen molar-refractivity contribution in [3.05, 3.63) is 54.2 Å². The number of carbonyl (C=O) groups is 1. The molecule has 1 amide bonds. The Morgan fingerprint density at radius 2 is 1.97 bits per heavy atom. The average molecular weight is 405 g/mol. The Labute approximate surface area is 173 Å². The summed E-state index contributed by atoms with van der Waals surface area (Å²) < 4.78 is 11.1. The van der Waals surface area contributed by atoms with Gasteiger partial charge in [0.05, 0.1) is 31.5 Å². The molecule has 2 aromatic carbocycles. The van der Waals surface area contributed by atoms with Crippen LogP contribution >= 0.6 is 0 Å². The third kappa shape index (κ3) is 3.55. The summed E-state index contributed by atoms with van der Waals surface area (Å²) in [6, 6.07) is 15.3. The predicted molar refractivity (Wildman–Crippen MR) is 116 cm³/mol. The molecule has 0 fully saturated rings. The molecule has 0 saturated carbocycles. The summed E-state index contributed by atoms with van der Waals surface area (Å²) in [5, 5.41) is 13.6. The van der Waals surface area contributed by atoms with Crippen LogP contribution in [0.25, 0.3) is 33.1 Å². The minimum Gasteiger partial charge on any atom is -0.493 e. The number of para-hydroxylation sites is 1. The summed E-state index contributed by atoms with van der Waals surface area (Å²) in [4.78, 5) is 20.7. The molecule has 0 unspecified atom stereocenters. The van der Waals surface area contributed by atoms with Gasteiger partial charge in [-0.25, -0.2) is 4.98 Å². The highest BCUT2D eigenvalue weighted by Crippen LogP contribution is 2.36. The van der Waals surface area contributed by atoms with E-state index in [4.69, 9.17) is 14.6 Å². The lowest BCUT2D eigenvalue weighted by Gasteiger charge is -2.12. The maximum atomic E-state index is 12.6. The van der Waals surface area contributed by atoms with Crippen molar-refractivity contribution < 1.29 is 19.4 Å². The van der Waals surface area contributed by atoms with E-state index in [0.29, 0.717) is 23.8 Å². The molecule has 0 aliphatic heterocycles. The number of carbonyl (C=O) groups excluding carboxylic acids is 1. The first-order valence-corrected chi connectivity index (χ1v) is 9.78. The number of hydrogen-bond donors (Lipinski definition) is 3. The summed E-state index contributed by atoms with van der Waals surface area (Å²) in [7, 11) is 1.59. The minimum absolute atomic E-state index is 0.135. The van der Waals surface area contributed by atoms with E-state index in [1.54, 1.807) is 13.2 Å². The Kier molecular flexibility index (Phi) is 5.54. The van der Waals surface area contributed by atoms with E-state index in [0.717, 1.165) is 27.4 Å². The van der Waals surface area contributed by atoms with Crippen molar-refractivity contribution in [3.63, 3.8) is 0 Å². The zero-order valence-corrected chi connectivity index (χ0v) is 16.9. The van der Waals surface area contributed by atoms with Gasteiger partial charge in [-0.3, -0.25) is 4.79 Å².